The number of ether oxygens (including phenoxy) is 1. The number of amides is 1. The molecule has 5 rings (SSSR count). The van der Waals surface area contributed by atoms with Crippen molar-refractivity contribution in [3.63, 3.8) is 0 Å². The van der Waals surface area contributed by atoms with Crippen LogP contribution in [0.15, 0.2) is 47.3 Å². The van der Waals surface area contributed by atoms with E-state index in [1.807, 2.05) is 4.90 Å². The minimum atomic E-state index is -0.582. The number of rotatable bonds is 7. The zero-order chi connectivity index (χ0) is 26.0. The molecule has 1 aromatic carbocycles. The van der Waals surface area contributed by atoms with Crippen LogP contribution in [-0.4, -0.2) is 66.9 Å². The lowest BCUT2D eigenvalue weighted by Crippen LogP contribution is -2.56. The fraction of sp³-hybridized carbons (Fsp3) is 0.607. The van der Waals surface area contributed by atoms with Crippen molar-refractivity contribution in [3.8, 4) is 0 Å². The fourth-order valence-electron chi connectivity index (χ4n) is 6.30. The van der Waals surface area contributed by atoms with Crippen LogP contribution in [0.5, 0.6) is 0 Å². The molecule has 2 aliphatic heterocycles. The van der Waals surface area contributed by atoms with Crippen molar-refractivity contribution in [1.82, 2.24) is 26.0 Å². The Kier molecular flexibility index (Phi) is 7.38. The molecule has 0 bridgehead atoms. The quantitative estimate of drug-likeness (QED) is 0.487. The number of hydrogen-bond acceptors (Lipinski definition) is 8. The molecule has 1 aromatic rings. The van der Waals surface area contributed by atoms with Gasteiger partial charge >= 0.3 is 0 Å². The molecule has 2 heterocycles. The third kappa shape index (κ3) is 5.17. The molecule has 9 nitrogen and oxygen atoms in total. The highest BCUT2D eigenvalue weighted by Crippen LogP contribution is 2.47. The smallest absolute Gasteiger partial charge is 0.294 e. The Morgan fingerprint density at radius 1 is 1.16 bits per heavy atom. The second-order valence-corrected chi connectivity index (χ2v) is 11.3. The number of Topliss-reactive ketones (excluding diaryl/α,β-unsaturated/α-hetero) is 1. The van der Waals surface area contributed by atoms with E-state index in [1.54, 1.807) is 13.3 Å². The first-order chi connectivity index (χ1) is 17.8. The van der Waals surface area contributed by atoms with Crippen LogP contribution < -0.4 is 16.2 Å². The maximum Gasteiger partial charge on any atom is 0.294 e. The molecule has 1 saturated heterocycles. The molecule has 37 heavy (non-hydrogen) atoms. The summed E-state index contributed by atoms with van der Waals surface area (Å²) < 4.78 is 5.48. The third-order valence-electron chi connectivity index (χ3n) is 9.03. The van der Waals surface area contributed by atoms with Gasteiger partial charge in [0.2, 0.25) is 11.7 Å². The number of methoxy groups -OCH3 is 1. The van der Waals surface area contributed by atoms with E-state index in [0.717, 1.165) is 51.4 Å². The molecule has 2 aliphatic carbocycles. The van der Waals surface area contributed by atoms with Crippen LogP contribution >= 0.6 is 0 Å². The van der Waals surface area contributed by atoms with Gasteiger partial charge in [-0.2, -0.15) is 0 Å². The summed E-state index contributed by atoms with van der Waals surface area (Å²) in [7, 11) is 5.98. The largest absolute Gasteiger partial charge is 0.498 e. The van der Waals surface area contributed by atoms with Crippen molar-refractivity contribution >= 4 is 17.6 Å². The lowest BCUT2D eigenvalue weighted by molar-refractivity contribution is -0.138. The third-order valence-corrected chi connectivity index (χ3v) is 9.03. The van der Waals surface area contributed by atoms with Gasteiger partial charge in [-0.3, -0.25) is 19.8 Å². The molecule has 1 atom stereocenters. The summed E-state index contributed by atoms with van der Waals surface area (Å²) in [5, 5.41) is 2.80. The van der Waals surface area contributed by atoms with Crippen LogP contribution in [0.4, 0.5) is 0 Å². The Morgan fingerprint density at radius 3 is 2.51 bits per heavy atom. The molecule has 3 fully saturated rings. The zero-order valence-electron chi connectivity index (χ0n) is 22.3. The molecule has 4 aliphatic rings. The zero-order valence-corrected chi connectivity index (χ0v) is 22.3. The molecular formula is C28H40N6O3. The average Bonchev–Trinajstić information content (AvgIpc) is 3.30. The summed E-state index contributed by atoms with van der Waals surface area (Å²) in [5.41, 5.74) is 8.42. The van der Waals surface area contributed by atoms with Gasteiger partial charge in [-0.05, 0) is 64.1 Å². The Labute approximate surface area is 219 Å². The first kappa shape index (κ1) is 25.9. The monoisotopic (exact) mass is 508 g/mol. The van der Waals surface area contributed by atoms with E-state index < -0.39 is 5.91 Å². The Morgan fingerprint density at radius 2 is 1.89 bits per heavy atom. The number of guanidine groups is 1. The van der Waals surface area contributed by atoms with E-state index in [0.29, 0.717) is 30.6 Å². The Hall–Kier alpha value is -2.75. The molecular weight excluding hydrogens is 468 g/mol. The van der Waals surface area contributed by atoms with Gasteiger partial charge in [0.05, 0.1) is 26.0 Å². The van der Waals surface area contributed by atoms with Crippen molar-refractivity contribution in [2.24, 2.45) is 10.9 Å². The number of benzene rings is 1. The van der Waals surface area contributed by atoms with E-state index in [4.69, 9.17) is 4.74 Å². The van der Waals surface area contributed by atoms with Gasteiger partial charge in [0, 0.05) is 23.9 Å². The number of carbonyl (C=O) groups is 2. The van der Waals surface area contributed by atoms with Gasteiger partial charge in [-0.15, -0.1) is 0 Å². The van der Waals surface area contributed by atoms with E-state index in [9.17, 15) is 9.59 Å². The molecule has 0 radical (unpaired) electrons. The van der Waals surface area contributed by atoms with Crippen LogP contribution in [0.3, 0.4) is 0 Å². The van der Waals surface area contributed by atoms with Crippen molar-refractivity contribution in [2.75, 3.05) is 27.7 Å². The summed E-state index contributed by atoms with van der Waals surface area (Å²) in [6, 6.07) is 10.8. The lowest BCUT2D eigenvalue weighted by atomic mass is 9.68. The van der Waals surface area contributed by atoms with E-state index in [2.05, 4.69) is 70.5 Å². The van der Waals surface area contributed by atoms with Crippen molar-refractivity contribution in [2.45, 2.75) is 75.0 Å². The van der Waals surface area contributed by atoms with Crippen LogP contribution in [-0.2, 0) is 19.9 Å². The van der Waals surface area contributed by atoms with Gasteiger partial charge in [-0.25, -0.2) is 15.8 Å². The molecule has 1 amide bonds. The number of aliphatic imine (C=N–C) groups is 1. The number of ketones is 1. The van der Waals surface area contributed by atoms with Crippen molar-refractivity contribution in [3.05, 3.63) is 47.9 Å². The van der Waals surface area contributed by atoms with E-state index in [1.165, 1.54) is 5.56 Å². The SMILES string of the molecule is COC1=CN=C(NC(=O)C(=O)CC2CCC2)N([C@@H]2CC3(CCC(c4ccccc4)(N(C)C)CC3)NN2)C1. The van der Waals surface area contributed by atoms with E-state index >= 15 is 0 Å². The minimum absolute atomic E-state index is 0.0186. The summed E-state index contributed by atoms with van der Waals surface area (Å²) in [5.74, 6) is 0.505. The second-order valence-electron chi connectivity index (χ2n) is 11.3. The number of hydrazine groups is 1. The van der Waals surface area contributed by atoms with Gasteiger partial charge in [-0.1, -0.05) is 36.8 Å². The van der Waals surface area contributed by atoms with Crippen LogP contribution in [0.2, 0.25) is 0 Å². The normalized spacial score (nSPS) is 30.1. The number of nitrogens with one attached hydrogen (secondary N) is 3. The first-order valence-electron chi connectivity index (χ1n) is 13.5. The van der Waals surface area contributed by atoms with Crippen LogP contribution in [0.25, 0.3) is 0 Å². The Balaban J connectivity index is 1.26. The average molecular weight is 509 g/mol. The Bertz CT molecular complexity index is 1060. The molecule has 0 unspecified atom stereocenters. The maximum absolute atomic E-state index is 12.7. The topological polar surface area (TPSA) is 98.3 Å². The minimum Gasteiger partial charge on any atom is -0.498 e. The van der Waals surface area contributed by atoms with Crippen molar-refractivity contribution < 1.29 is 14.3 Å². The second kappa shape index (κ2) is 10.6. The predicted octanol–water partition coefficient (Wildman–Crippen LogP) is 2.62. The molecule has 9 heteroatoms. The summed E-state index contributed by atoms with van der Waals surface area (Å²) >= 11 is 0. The summed E-state index contributed by atoms with van der Waals surface area (Å²) in [4.78, 5) is 34.0. The standard InChI is InChI=1S/C28H40N6O3/c1-33(2)28(21-10-5-4-6-11-21)14-12-27(13-15-28)17-24(31-32-27)34-19-22(37-3)18-29-26(34)30-25(36)23(35)16-20-8-7-9-20/h4-6,10-11,18,20,24,31-32H,7-9,12-17,19H2,1-3H3,(H,29,30,36)/t24-,27?,28?/m1/s1. The maximum atomic E-state index is 12.7. The molecule has 3 N–H and O–H groups in total. The number of carbonyl (C=O) groups excluding carboxylic acids is 2. The van der Waals surface area contributed by atoms with Gasteiger partial charge in [0.25, 0.3) is 5.91 Å². The van der Waals surface area contributed by atoms with Crippen molar-refractivity contribution in [1.29, 1.82) is 0 Å². The number of hydrogen-bond donors (Lipinski definition) is 3. The molecule has 200 valence electrons. The molecule has 0 aromatic heterocycles. The summed E-state index contributed by atoms with van der Waals surface area (Å²) in [6.45, 7) is 0.466. The van der Waals surface area contributed by atoms with Gasteiger partial charge in [0.1, 0.15) is 5.76 Å². The first-order valence-corrected chi connectivity index (χ1v) is 13.5. The van der Waals surface area contributed by atoms with Gasteiger partial charge in [0.15, 0.2) is 0 Å². The molecule has 1 spiro atoms. The highest BCUT2D eigenvalue weighted by Gasteiger charge is 2.49. The highest BCUT2D eigenvalue weighted by molar-refractivity contribution is 6.38. The van der Waals surface area contributed by atoms with Gasteiger partial charge < -0.3 is 9.64 Å². The fourth-order valence-corrected chi connectivity index (χ4v) is 6.30. The molecule has 2 saturated carbocycles. The highest BCUT2D eigenvalue weighted by atomic mass is 16.5. The van der Waals surface area contributed by atoms with Crippen LogP contribution in [0, 0.1) is 5.92 Å². The number of nitrogens with zero attached hydrogens (tertiary/aromatic N) is 3. The van der Waals surface area contributed by atoms with E-state index in [-0.39, 0.29) is 23.0 Å². The lowest BCUT2D eigenvalue weighted by Gasteiger charge is -2.49. The summed E-state index contributed by atoms with van der Waals surface area (Å²) in [6.07, 6.45) is 10.0. The van der Waals surface area contributed by atoms with Crippen LogP contribution in [0.1, 0.15) is 63.4 Å². The predicted molar refractivity (Wildman–Crippen MR) is 142 cm³/mol.